The van der Waals surface area contributed by atoms with Crippen LogP contribution < -0.4 is 4.90 Å². The van der Waals surface area contributed by atoms with Crippen LogP contribution in [0.1, 0.15) is 73.4 Å². The Balaban J connectivity index is 1.11. The van der Waals surface area contributed by atoms with Gasteiger partial charge in [-0.05, 0) is 84.4 Å². The van der Waals surface area contributed by atoms with Gasteiger partial charge in [-0.25, -0.2) is 4.79 Å². The lowest BCUT2D eigenvalue weighted by Crippen LogP contribution is -2.55. The van der Waals surface area contributed by atoms with Crippen LogP contribution in [0.5, 0.6) is 0 Å². The number of benzene rings is 1. The number of fused-ring (bicyclic) bond motifs is 3. The van der Waals surface area contributed by atoms with Crippen LogP contribution in [-0.2, 0) is 4.74 Å². The summed E-state index contributed by atoms with van der Waals surface area (Å²) in [4.78, 5) is 22.9. The van der Waals surface area contributed by atoms with Crippen molar-refractivity contribution in [3.63, 3.8) is 0 Å². The molecule has 2 fully saturated rings. The maximum atomic E-state index is 12.2. The van der Waals surface area contributed by atoms with Gasteiger partial charge in [0.2, 0.25) is 0 Å². The topological polar surface area (TPSA) is 75.8 Å². The minimum atomic E-state index is -0.434. The summed E-state index contributed by atoms with van der Waals surface area (Å²) in [5.41, 5.74) is 5.47. The Bertz CT molecular complexity index is 1440. The Morgan fingerprint density at radius 3 is 2.36 bits per heavy atom. The molecule has 0 unspecified atom stereocenters. The highest BCUT2D eigenvalue weighted by Crippen LogP contribution is 2.39. The second-order valence-corrected chi connectivity index (χ2v) is 13.6. The van der Waals surface area contributed by atoms with Crippen LogP contribution >= 0.6 is 11.3 Å². The number of hydrogen-bond acceptors (Lipinski definition) is 7. The molecule has 3 aliphatic rings. The molecule has 1 amide bonds. The number of amides is 1. The zero-order chi connectivity index (χ0) is 27.6. The molecule has 9 heteroatoms. The molecule has 0 spiro atoms. The van der Waals surface area contributed by atoms with Crippen LogP contribution in [0.2, 0.25) is 0 Å². The van der Waals surface area contributed by atoms with Crippen molar-refractivity contribution in [3.8, 4) is 5.00 Å². The molecule has 0 radical (unpaired) electrons. The SMILES string of the molecule is Cc1sc2c(c1C)C(c1ccc(N3CC(CC4CN(C(=O)OC(C)(C)C)C4)C3)cc1)=N[C@@H](C)c1nnc(C)n1-2. The zero-order valence-corrected chi connectivity index (χ0v) is 24.8. The number of hydrogen-bond donors (Lipinski definition) is 0. The van der Waals surface area contributed by atoms with Gasteiger partial charge in [-0.1, -0.05) is 12.1 Å². The minimum Gasteiger partial charge on any atom is -0.444 e. The van der Waals surface area contributed by atoms with Gasteiger partial charge in [-0.3, -0.25) is 9.56 Å². The van der Waals surface area contributed by atoms with Gasteiger partial charge in [-0.15, -0.1) is 21.5 Å². The molecule has 2 saturated heterocycles. The molecule has 1 aromatic carbocycles. The average Bonchev–Trinajstić information content (AvgIpc) is 3.29. The Morgan fingerprint density at radius 1 is 1.03 bits per heavy atom. The standard InChI is InChI=1S/C30H38N6O2S/c1-17-19(3)39-28-25(17)26(31-18(2)27-33-32-20(4)36(27)28)23-8-10-24(11-9-23)34-13-21(14-34)12-22-15-35(16-22)29(37)38-30(5,6)7/h8-11,18,21-22H,12-16H2,1-7H3/t18-/m0/s1. The molecule has 3 aliphatic heterocycles. The van der Waals surface area contributed by atoms with E-state index in [2.05, 4.69) is 64.7 Å². The van der Waals surface area contributed by atoms with Crippen LogP contribution in [0.4, 0.5) is 10.5 Å². The van der Waals surface area contributed by atoms with E-state index in [1.807, 2.05) is 32.6 Å². The predicted molar refractivity (Wildman–Crippen MR) is 156 cm³/mol. The third-order valence-corrected chi connectivity index (χ3v) is 9.28. The monoisotopic (exact) mass is 546 g/mol. The van der Waals surface area contributed by atoms with Crippen molar-refractivity contribution in [1.29, 1.82) is 0 Å². The van der Waals surface area contributed by atoms with Gasteiger partial charge in [0.1, 0.15) is 22.5 Å². The van der Waals surface area contributed by atoms with Crippen molar-refractivity contribution >= 4 is 28.8 Å². The number of likely N-dealkylation sites (tertiary alicyclic amines) is 1. The number of aromatic nitrogens is 3. The number of rotatable bonds is 4. The maximum Gasteiger partial charge on any atom is 0.410 e. The van der Waals surface area contributed by atoms with Crippen molar-refractivity contribution in [3.05, 3.63) is 57.5 Å². The summed E-state index contributed by atoms with van der Waals surface area (Å²) in [7, 11) is 0. The van der Waals surface area contributed by atoms with Crippen LogP contribution in [0.25, 0.3) is 5.00 Å². The third kappa shape index (κ3) is 4.75. The fraction of sp³-hybridized carbons (Fsp3) is 0.533. The summed E-state index contributed by atoms with van der Waals surface area (Å²) < 4.78 is 7.67. The molecule has 5 heterocycles. The fourth-order valence-electron chi connectivity index (χ4n) is 5.91. The Kier molecular flexibility index (Phi) is 6.32. The third-order valence-electron chi connectivity index (χ3n) is 8.09. The number of anilines is 1. The molecule has 206 valence electrons. The number of nitrogens with zero attached hydrogens (tertiary/aromatic N) is 6. The number of aryl methyl sites for hydroxylation is 2. The summed E-state index contributed by atoms with van der Waals surface area (Å²) in [6.45, 7) is 18.0. The highest BCUT2D eigenvalue weighted by atomic mass is 32.1. The molecule has 0 N–H and O–H groups in total. The summed E-state index contributed by atoms with van der Waals surface area (Å²) in [5, 5.41) is 9.98. The smallest absolute Gasteiger partial charge is 0.410 e. The van der Waals surface area contributed by atoms with Crippen LogP contribution in [0.3, 0.4) is 0 Å². The normalized spacial score (nSPS) is 19.6. The first-order chi connectivity index (χ1) is 18.5. The van der Waals surface area contributed by atoms with Crippen molar-refractivity contribution in [2.24, 2.45) is 16.8 Å². The van der Waals surface area contributed by atoms with E-state index in [9.17, 15) is 4.79 Å². The van der Waals surface area contributed by atoms with Gasteiger partial charge >= 0.3 is 6.09 Å². The van der Waals surface area contributed by atoms with Crippen molar-refractivity contribution in [2.75, 3.05) is 31.1 Å². The second-order valence-electron chi connectivity index (χ2n) is 12.4. The largest absolute Gasteiger partial charge is 0.444 e. The van der Waals surface area contributed by atoms with E-state index in [1.54, 1.807) is 11.3 Å². The summed E-state index contributed by atoms with van der Waals surface area (Å²) in [6, 6.07) is 8.82. The number of carbonyl (C=O) groups excluding carboxylic acids is 1. The summed E-state index contributed by atoms with van der Waals surface area (Å²) in [5.74, 6) is 3.06. The van der Waals surface area contributed by atoms with E-state index in [0.29, 0.717) is 11.8 Å². The molecule has 0 saturated carbocycles. The quantitative estimate of drug-likeness (QED) is 0.410. The lowest BCUT2D eigenvalue weighted by molar-refractivity contribution is -0.00510. The van der Waals surface area contributed by atoms with Crippen LogP contribution in [-0.4, -0.2) is 63.2 Å². The predicted octanol–water partition coefficient (Wildman–Crippen LogP) is 5.86. The first kappa shape index (κ1) is 26.0. The lowest BCUT2D eigenvalue weighted by Gasteiger charge is -2.46. The molecule has 2 aromatic heterocycles. The maximum absolute atomic E-state index is 12.2. The first-order valence-electron chi connectivity index (χ1n) is 13.9. The van der Waals surface area contributed by atoms with Gasteiger partial charge < -0.3 is 14.5 Å². The van der Waals surface area contributed by atoms with Gasteiger partial charge in [0, 0.05) is 47.9 Å². The van der Waals surface area contributed by atoms with Crippen molar-refractivity contribution in [2.45, 2.75) is 66.5 Å². The van der Waals surface area contributed by atoms with E-state index in [1.165, 1.54) is 33.1 Å². The van der Waals surface area contributed by atoms with Crippen LogP contribution in [0, 0.1) is 32.6 Å². The number of carbonyl (C=O) groups is 1. The number of aliphatic imine (C=N–C) groups is 1. The van der Waals surface area contributed by atoms with E-state index in [-0.39, 0.29) is 12.1 Å². The van der Waals surface area contributed by atoms with Crippen molar-refractivity contribution < 1.29 is 9.53 Å². The highest BCUT2D eigenvalue weighted by Gasteiger charge is 2.38. The van der Waals surface area contributed by atoms with E-state index in [0.717, 1.165) is 49.1 Å². The van der Waals surface area contributed by atoms with Gasteiger partial charge in [0.05, 0.1) is 5.71 Å². The van der Waals surface area contributed by atoms with Gasteiger partial charge in [0.15, 0.2) is 5.82 Å². The molecule has 6 rings (SSSR count). The molecule has 0 aliphatic carbocycles. The van der Waals surface area contributed by atoms with Crippen molar-refractivity contribution in [1.82, 2.24) is 19.7 Å². The summed E-state index contributed by atoms with van der Waals surface area (Å²) >= 11 is 1.79. The Labute approximate surface area is 234 Å². The van der Waals surface area contributed by atoms with E-state index >= 15 is 0 Å². The number of thiophene rings is 1. The zero-order valence-electron chi connectivity index (χ0n) is 24.0. The summed E-state index contributed by atoms with van der Waals surface area (Å²) in [6.07, 6.45) is 0.990. The lowest BCUT2D eigenvalue weighted by atomic mass is 9.84. The van der Waals surface area contributed by atoms with E-state index < -0.39 is 5.60 Å². The number of ether oxygens (including phenoxy) is 1. The molecular weight excluding hydrogens is 508 g/mol. The van der Waals surface area contributed by atoms with Gasteiger partial charge in [-0.2, -0.15) is 0 Å². The second kappa shape index (κ2) is 9.47. The molecule has 1 atom stereocenters. The first-order valence-corrected chi connectivity index (χ1v) is 14.7. The molecule has 0 bridgehead atoms. The average molecular weight is 547 g/mol. The molecular formula is C30H38N6O2S. The fourth-order valence-corrected chi connectivity index (χ4v) is 7.12. The Hall–Kier alpha value is -3.20. The van der Waals surface area contributed by atoms with E-state index in [4.69, 9.17) is 9.73 Å². The minimum absolute atomic E-state index is 0.0749. The van der Waals surface area contributed by atoms with Crippen LogP contribution in [0.15, 0.2) is 29.3 Å². The molecule has 8 nitrogen and oxygen atoms in total. The highest BCUT2D eigenvalue weighted by molar-refractivity contribution is 7.15. The molecule has 39 heavy (non-hydrogen) atoms. The Morgan fingerprint density at radius 2 is 1.69 bits per heavy atom. The molecule has 3 aromatic rings. The van der Waals surface area contributed by atoms with Gasteiger partial charge in [0.25, 0.3) is 0 Å².